The van der Waals surface area contributed by atoms with Gasteiger partial charge in [-0.05, 0) is 30.5 Å². The summed E-state index contributed by atoms with van der Waals surface area (Å²) in [6, 6.07) is 14.5. The summed E-state index contributed by atoms with van der Waals surface area (Å²) in [6.45, 7) is 2.67. The topological polar surface area (TPSA) is 34.5 Å². The maximum atomic E-state index is 5.69. The van der Waals surface area contributed by atoms with Crippen LogP contribution in [0.1, 0.15) is 16.8 Å². The van der Waals surface area contributed by atoms with Crippen LogP contribution < -0.4 is 0 Å². The smallest absolute Gasteiger partial charge is 0.236 e. The van der Waals surface area contributed by atoms with E-state index in [1.807, 2.05) is 25.1 Å². The van der Waals surface area contributed by atoms with E-state index < -0.39 is 0 Å². The number of rotatable bonds is 3. The van der Waals surface area contributed by atoms with Gasteiger partial charge in [-0.1, -0.05) is 36.4 Å². The highest BCUT2D eigenvalue weighted by Gasteiger charge is 2.22. The van der Waals surface area contributed by atoms with Crippen LogP contribution >= 0.6 is 0 Å². The molecule has 0 unspecified atom stereocenters. The summed E-state index contributed by atoms with van der Waals surface area (Å²) in [5.41, 5.74) is 3.25. The Morgan fingerprint density at radius 1 is 1.16 bits per heavy atom. The lowest BCUT2D eigenvalue weighted by Crippen LogP contribution is -2.09. The fraction of sp³-hybridized carbons (Fsp3) is 0.250. The number of hydrogen-bond acceptors (Lipinski definition) is 3. The quantitative estimate of drug-likeness (QED) is 0.841. The lowest BCUT2D eigenvalue weighted by Gasteiger charge is -2.04. The molecular formula is C16H16N2O. The van der Waals surface area contributed by atoms with E-state index in [0.717, 1.165) is 17.7 Å². The van der Waals surface area contributed by atoms with E-state index in [1.165, 1.54) is 5.56 Å². The van der Waals surface area contributed by atoms with Gasteiger partial charge in [0.05, 0.1) is 6.04 Å². The van der Waals surface area contributed by atoms with Crippen molar-refractivity contribution in [1.29, 1.82) is 0 Å². The molecule has 0 saturated heterocycles. The predicted molar refractivity (Wildman–Crippen MR) is 75.4 cm³/mol. The summed E-state index contributed by atoms with van der Waals surface area (Å²) in [5.74, 6) is 0.680. The number of hydrogen-bond donors (Lipinski definition) is 0. The molecule has 3 rings (SSSR count). The molecular weight excluding hydrogens is 236 g/mol. The second-order valence-electron chi connectivity index (χ2n) is 4.76. The zero-order valence-corrected chi connectivity index (χ0v) is 10.9. The lowest BCUT2D eigenvalue weighted by atomic mass is 10.1. The van der Waals surface area contributed by atoms with Gasteiger partial charge in [-0.3, -0.25) is 4.98 Å². The molecule has 2 aromatic rings. The van der Waals surface area contributed by atoms with Crippen molar-refractivity contribution < 1.29 is 4.74 Å². The molecule has 1 atom stereocenters. The molecule has 1 aliphatic heterocycles. The zero-order chi connectivity index (χ0) is 13.1. The molecule has 19 heavy (non-hydrogen) atoms. The fourth-order valence-corrected chi connectivity index (χ4v) is 2.25. The third-order valence-corrected chi connectivity index (χ3v) is 3.24. The minimum Gasteiger partial charge on any atom is -0.474 e. The molecule has 2 heterocycles. The Hall–Kier alpha value is -2.16. The molecule has 0 radical (unpaired) electrons. The number of nitrogens with zero attached hydrogens (tertiary/aromatic N) is 2. The first-order valence-electron chi connectivity index (χ1n) is 6.49. The van der Waals surface area contributed by atoms with Crippen molar-refractivity contribution in [3.05, 3.63) is 65.5 Å². The Bertz CT molecular complexity index is 593. The first kappa shape index (κ1) is 11.9. The van der Waals surface area contributed by atoms with Gasteiger partial charge in [0.1, 0.15) is 12.3 Å². The Balaban J connectivity index is 1.77. The zero-order valence-electron chi connectivity index (χ0n) is 10.9. The number of benzene rings is 1. The van der Waals surface area contributed by atoms with Crippen molar-refractivity contribution in [3.8, 4) is 0 Å². The predicted octanol–water partition coefficient (Wildman–Crippen LogP) is 2.78. The van der Waals surface area contributed by atoms with Crippen LogP contribution in [0.4, 0.5) is 0 Å². The van der Waals surface area contributed by atoms with Gasteiger partial charge in [-0.25, -0.2) is 4.99 Å². The molecule has 0 bridgehead atoms. The van der Waals surface area contributed by atoms with Crippen LogP contribution in [0.2, 0.25) is 0 Å². The van der Waals surface area contributed by atoms with E-state index in [2.05, 4.69) is 34.2 Å². The highest BCUT2D eigenvalue weighted by atomic mass is 16.5. The molecule has 1 aliphatic rings. The molecule has 0 N–H and O–H groups in total. The number of aromatic nitrogens is 1. The van der Waals surface area contributed by atoms with Crippen LogP contribution in [0, 0.1) is 6.92 Å². The summed E-state index contributed by atoms with van der Waals surface area (Å²) in [4.78, 5) is 8.99. The minimum absolute atomic E-state index is 0.193. The SMILES string of the molecule is Cc1cccnc1C1=N[C@@H](Cc2ccccc2)CO1. The maximum Gasteiger partial charge on any atom is 0.236 e. The number of ether oxygens (including phenoxy) is 1. The summed E-state index contributed by atoms with van der Waals surface area (Å²) in [6.07, 6.45) is 2.69. The molecule has 96 valence electrons. The lowest BCUT2D eigenvalue weighted by molar-refractivity contribution is 0.316. The second kappa shape index (κ2) is 5.22. The standard InChI is InChI=1S/C16H16N2O/c1-12-6-5-9-17-15(12)16-18-14(11-19-16)10-13-7-3-2-4-8-13/h2-9,14H,10-11H2,1H3/t14-/m0/s1. The highest BCUT2D eigenvalue weighted by molar-refractivity contribution is 5.94. The van der Waals surface area contributed by atoms with Gasteiger partial charge in [-0.2, -0.15) is 0 Å². The van der Waals surface area contributed by atoms with Crippen LogP contribution in [0.5, 0.6) is 0 Å². The number of aliphatic imine (C=N–C) groups is 1. The molecule has 1 aromatic carbocycles. The highest BCUT2D eigenvalue weighted by Crippen LogP contribution is 2.16. The second-order valence-corrected chi connectivity index (χ2v) is 4.76. The van der Waals surface area contributed by atoms with Gasteiger partial charge in [0.25, 0.3) is 0 Å². The van der Waals surface area contributed by atoms with Crippen molar-refractivity contribution in [2.45, 2.75) is 19.4 Å². The summed E-state index contributed by atoms with van der Waals surface area (Å²) in [5, 5.41) is 0. The van der Waals surface area contributed by atoms with Crippen LogP contribution in [0.15, 0.2) is 53.7 Å². The van der Waals surface area contributed by atoms with Gasteiger partial charge in [-0.15, -0.1) is 0 Å². The van der Waals surface area contributed by atoms with Crippen LogP contribution in [0.25, 0.3) is 0 Å². The van der Waals surface area contributed by atoms with E-state index in [4.69, 9.17) is 4.74 Å². The number of pyridine rings is 1. The first-order valence-corrected chi connectivity index (χ1v) is 6.49. The summed E-state index contributed by atoms with van der Waals surface area (Å²) >= 11 is 0. The average molecular weight is 252 g/mol. The van der Waals surface area contributed by atoms with E-state index >= 15 is 0 Å². The van der Waals surface area contributed by atoms with Gasteiger partial charge >= 0.3 is 0 Å². The maximum absolute atomic E-state index is 5.69. The van der Waals surface area contributed by atoms with Gasteiger partial charge < -0.3 is 4.74 Å². The molecule has 0 saturated carbocycles. The molecule has 0 aliphatic carbocycles. The third-order valence-electron chi connectivity index (χ3n) is 3.24. The van der Waals surface area contributed by atoms with Crippen molar-refractivity contribution in [2.75, 3.05) is 6.61 Å². The Labute approximate surface area is 113 Å². The Morgan fingerprint density at radius 3 is 2.79 bits per heavy atom. The van der Waals surface area contributed by atoms with E-state index in [-0.39, 0.29) is 6.04 Å². The molecule has 0 amide bonds. The number of aryl methyl sites for hydroxylation is 1. The average Bonchev–Trinajstić information content (AvgIpc) is 2.89. The van der Waals surface area contributed by atoms with Gasteiger partial charge in [0.2, 0.25) is 5.90 Å². The fourth-order valence-electron chi connectivity index (χ4n) is 2.25. The molecule has 3 nitrogen and oxygen atoms in total. The van der Waals surface area contributed by atoms with E-state index in [1.54, 1.807) is 6.20 Å². The van der Waals surface area contributed by atoms with Crippen molar-refractivity contribution in [1.82, 2.24) is 4.98 Å². The minimum atomic E-state index is 0.193. The van der Waals surface area contributed by atoms with Crippen molar-refractivity contribution >= 4 is 5.90 Å². The van der Waals surface area contributed by atoms with Crippen molar-refractivity contribution in [2.24, 2.45) is 4.99 Å². The monoisotopic (exact) mass is 252 g/mol. The summed E-state index contributed by atoms with van der Waals surface area (Å²) in [7, 11) is 0. The normalized spacial score (nSPS) is 17.9. The van der Waals surface area contributed by atoms with Gasteiger partial charge in [0.15, 0.2) is 0 Å². The van der Waals surface area contributed by atoms with Crippen LogP contribution in [-0.2, 0) is 11.2 Å². The molecule has 0 spiro atoms. The molecule has 3 heteroatoms. The Morgan fingerprint density at radius 2 is 2.00 bits per heavy atom. The molecule has 1 aromatic heterocycles. The molecule has 0 fully saturated rings. The van der Waals surface area contributed by atoms with Crippen molar-refractivity contribution in [3.63, 3.8) is 0 Å². The van der Waals surface area contributed by atoms with E-state index in [9.17, 15) is 0 Å². The Kier molecular flexibility index (Phi) is 3.27. The van der Waals surface area contributed by atoms with Crippen LogP contribution in [0.3, 0.4) is 0 Å². The van der Waals surface area contributed by atoms with E-state index in [0.29, 0.717) is 12.5 Å². The third kappa shape index (κ3) is 2.65. The summed E-state index contributed by atoms with van der Waals surface area (Å²) < 4.78 is 5.69. The van der Waals surface area contributed by atoms with Crippen LogP contribution in [-0.4, -0.2) is 23.5 Å². The first-order chi connectivity index (χ1) is 9.33. The largest absolute Gasteiger partial charge is 0.474 e. The van der Waals surface area contributed by atoms with Gasteiger partial charge in [0, 0.05) is 6.20 Å².